The summed E-state index contributed by atoms with van der Waals surface area (Å²) in [6, 6.07) is 18.2. The molecular formula is C20H18N2O4. The molecule has 0 saturated heterocycles. The zero-order valence-electron chi connectivity index (χ0n) is 14.2. The number of rotatable bonds is 6. The van der Waals surface area contributed by atoms with Crippen LogP contribution in [0.4, 0.5) is 0 Å². The van der Waals surface area contributed by atoms with Gasteiger partial charge < -0.3 is 15.6 Å². The maximum Gasteiger partial charge on any atom is 0.348 e. The molecule has 0 bridgehead atoms. The first-order valence-corrected chi connectivity index (χ1v) is 7.81. The van der Waals surface area contributed by atoms with Crippen molar-refractivity contribution in [1.29, 1.82) is 5.26 Å². The summed E-state index contributed by atoms with van der Waals surface area (Å²) in [6.07, 6.45) is 0. The minimum absolute atomic E-state index is 0.0370. The summed E-state index contributed by atoms with van der Waals surface area (Å²) in [7, 11) is 0. The highest BCUT2D eigenvalue weighted by atomic mass is 16.6. The van der Waals surface area contributed by atoms with E-state index in [4.69, 9.17) is 15.7 Å². The summed E-state index contributed by atoms with van der Waals surface area (Å²) in [5.41, 5.74) is 3.74. The number of allylic oxidation sites excluding steroid dienone is 1. The van der Waals surface area contributed by atoms with Crippen molar-refractivity contribution in [3.63, 3.8) is 0 Å². The molecule has 132 valence electrons. The largest absolute Gasteiger partial charge is 0.455 e. The average molecular weight is 350 g/mol. The number of carbonyl (C=O) groups is 2. The van der Waals surface area contributed by atoms with Gasteiger partial charge in [-0.25, -0.2) is 4.79 Å². The molecule has 2 aromatic carbocycles. The van der Waals surface area contributed by atoms with Gasteiger partial charge in [0.05, 0.1) is 0 Å². The molecule has 0 aliphatic rings. The third-order valence-electron chi connectivity index (χ3n) is 3.80. The van der Waals surface area contributed by atoms with Crippen LogP contribution in [-0.4, -0.2) is 23.5 Å². The lowest BCUT2D eigenvalue weighted by Gasteiger charge is -2.26. The van der Waals surface area contributed by atoms with Crippen LogP contribution in [0.25, 0.3) is 0 Å². The van der Waals surface area contributed by atoms with Crippen LogP contribution in [0.2, 0.25) is 0 Å². The van der Waals surface area contributed by atoms with Gasteiger partial charge in [0, 0.05) is 5.70 Å². The van der Waals surface area contributed by atoms with E-state index in [-0.39, 0.29) is 11.3 Å². The smallest absolute Gasteiger partial charge is 0.348 e. The van der Waals surface area contributed by atoms with E-state index >= 15 is 0 Å². The number of benzene rings is 2. The Balaban J connectivity index is 2.33. The van der Waals surface area contributed by atoms with Gasteiger partial charge in [0.1, 0.15) is 11.6 Å². The topological polar surface area (TPSA) is 113 Å². The highest BCUT2D eigenvalue weighted by molar-refractivity contribution is 6.01. The molecule has 0 saturated carbocycles. The quantitative estimate of drug-likeness (QED) is 0.466. The number of ether oxygens (including phenoxy) is 1. The number of aliphatic hydroxyl groups is 1. The number of hydrogen-bond donors (Lipinski definition) is 2. The number of Topliss-reactive ketones (excluding diaryl/α,β-unsaturated/α-hetero) is 1. The summed E-state index contributed by atoms with van der Waals surface area (Å²) in [5.74, 6) is -1.75. The molecule has 0 aromatic heterocycles. The zero-order valence-corrected chi connectivity index (χ0v) is 14.2. The van der Waals surface area contributed by atoms with Crippen LogP contribution in [0.1, 0.15) is 18.1 Å². The minimum atomic E-state index is -2.09. The van der Waals surface area contributed by atoms with E-state index in [9.17, 15) is 14.7 Å². The standard InChI is InChI=1S/C20H18N2O4/c1-14(22)17(12-21)18(23)13-26-19(24)20(25,15-8-4-2-5-9-15)16-10-6-3-7-11-16/h2-11,25H,13,22H2,1H3. The lowest BCUT2D eigenvalue weighted by molar-refractivity contribution is -0.163. The summed E-state index contributed by atoms with van der Waals surface area (Å²) < 4.78 is 5.03. The van der Waals surface area contributed by atoms with Crippen LogP contribution in [0.15, 0.2) is 71.9 Å². The maximum atomic E-state index is 12.7. The first-order chi connectivity index (χ1) is 12.4. The molecule has 2 aromatic rings. The zero-order chi connectivity index (χ0) is 19.2. The molecule has 0 atom stereocenters. The van der Waals surface area contributed by atoms with Gasteiger partial charge in [0.25, 0.3) is 0 Å². The molecular weight excluding hydrogens is 332 g/mol. The van der Waals surface area contributed by atoms with Gasteiger partial charge >= 0.3 is 5.97 Å². The average Bonchev–Trinajstić information content (AvgIpc) is 2.67. The number of nitriles is 1. The van der Waals surface area contributed by atoms with Gasteiger partial charge in [0.15, 0.2) is 6.61 Å². The Morgan fingerprint density at radius 3 is 1.92 bits per heavy atom. The molecule has 3 N–H and O–H groups in total. The molecule has 0 amide bonds. The van der Waals surface area contributed by atoms with Crippen LogP contribution in [0.5, 0.6) is 0 Å². The number of esters is 1. The van der Waals surface area contributed by atoms with E-state index in [0.29, 0.717) is 11.1 Å². The maximum absolute atomic E-state index is 12.7. The Morgan fingerprint density at radius 2 is 1.54 bits per heavy atom. The number of ketones is 1. The molecule has 0 heterocycles. The SMILES string of the molecule is CC(N)=C(C#N)C(=O)COC(=O)C(O)(c1ccccc1)c1ccccc1. The molecule has 2 rings (SSSR count). The monoisotopic (exact) mass is 350 g/mol. The van der Waals surface area contributed by atoms with E-state index < -0.39 is 24.0 Å². The fourth-order valence-electron chi connectivity index (χ4n) is 2.44. The first-order valence-electron chi connectivity index (χ1n) is 7.81. The van der Waals surface area contributed by atoms with E-state index in [2.05, 4.69) is 0 Å². The molecule has 0 unspecified atom stereocenters. The van der Waals surface area contributed by atoms with Gasteiger partial charge in [-0.1, -0.05) is 60.7 Å². The van der Waals surface area contributed by atoms with E-state index in [1.54, 1.807) is 66.7 Å². The van der Waals surface area contributed by atoms with Crippen LogP contribution >= 0.6 is 0 Å². The van der Waals surface area contributed by atoms with Crippen molar-refractivity contribution in [2.75, 3.05) is 6.61 Å². The summed E-state index contributed by atoms with van der Waals surface area (Å²) in [6.45, 7) is 0.709. The highest BCUT2D eigenvalue weighted by Crippen LogP contribution is 2.31. The normalized spacial score (nSPS) is 11.9. The van der Waals surface area contributed by atoms with E-state index in [0.717, 1.165) is 0 Å². The summed E-state index contributed by atoms with van der Waals surface area (Å²) >= 11 is 0. The Kier molecular flexibility index (Phi) is 5.89. The van der Waals surface area contributed by atoms with Crippen molar-refractivity contribution in [2.24, 2.45) is 5.73 Å². The number of nitrogens with two attached hydrogens (primary N) is 1. The first kappa shape index (κ1) is 18.9. The Labute approximate surface area is 151 Å². The van der Waals surface area contributed by atoms with Crippen LogP contribution < -0.4 is 5.73 Å². The Morgan fingerprint density at radius 1 is 1.08 bits per heavy atom. The van der Waals surface area contributed by atoms with Crippen molar-refractivity contribution in [3.8, 4) is 6.07 Å². The molecule has 0 radical (unpaired) electrons. The van der Waals surface area contributed by atoms with Gasteiger partial charge in [-0.15, -0.1) is 0 Å². The van der Waals surface area contributed by atoms with Crippen LogP contribution in [0, 0.1) is 11.3 Å². The molecule has 0 aliphatic heterocycles. The Bertz CT molecular complexity index is 824. The van der Waals surface area contributed by atoms with E-state index in [1.807, 2.05) is 0 Å². The number of hydrogen-bond acceptors (Lipinski definition) is 6. The second-order valence-corrected chi connectivity index (χ2v) is 5.61. The second kappa shape index (κ2) is 8.10. The second-order valence-electron chi connectivity index (χ2n) is 5.61. The third kappa shape index (κ3) is 3.79. The molecule has 26 heavy (non-hydrogen) atoms. The Hall–Kier alpha value is -3.43. The highest BCUT2D eigenvalue weighted by Gasteiger charge is 2.41. The molecule has 6 heteroatoms. The van der Waals surface area contributed by atoms with Crippen molar-refractivity contribution in [2.45, 2.75) is 12.5 Å². The van der Waals surface area contributed by atoms with Crippen LogP contribution in [0.3, 0.4) is 0 Å². The van der Waals surface area contributed by atoms with E-state index in [1.165, 1.54) is 6.92 Å². The number of nitrogens with zero attached hydrogens (tertiary/aromatic N) is 1. The fourth-order valence-corrected chi connectivity index (χ4v) is 2.44. The van der Waals surface area contributed by atoms with Gasteiger partial charge in [-0.3, -0.25) is 4.79 Å². The van der Waals surface area contributed by atoms with Gasteiger partial charge in [-0.2, -0.15) is 5.26 Å². The predicted molar refractivity (Wildman–Crippen MR) is 94.3 cm³/mol. The minimum Gasteiger partial charge on any atom is -0.455 e. The predicted octanol–water partition coefficient (Wildman–Crippen LogP) is 1.79. The van der Waals surface area contributed by atoms with Crippen molar-refractivity contribution >= 4 is 11.8 Å². The molecule has 6 nitrogen and oxygen atoms in total. The lowest BCUT2D eigenvalue weighted by Crippen LogP contribution is -2.39. The van der Waals surface area contributed by atoms with Gasteiger partial charge in [-0.05, 0) is 18.1 Å². The van der Waals surface area contributed by atoms with Crippen molar-refractivity contribution < 1.29 is 19.4 Å². The molecule has 0 spiro atoms. The lowest BCUT2D eigenvalue weighted by atomic mass is 9.86. The van der Waals surface area contributed by atoms with Crippen molar-refractivity contribution in [1.82, 2.24) is 0 Å². The van der Waals surface area contributed by atoms with Crippen LogP contribution in [-0.2, 0) is 19.9 Å². The molecule has 0 fully saturated rings. The fraction of sp³-hybridized carbons (Fsp3) is 0.150. The van der Waals surface area contributed by atoms with Crippen molar-refractivity contribution in [3.05, 3.63) is 83.1 Å². The molecule has 0 aliphatic carbocycles. The van der Waals surface area contributed by atoms with Gasteiger partial charge in [0.2, 0.25) is 11.4 Å². The summed E-state index contributed by atoms with van der Waals surface area (Å²) in [4.78, 5) is 24.7. The third-order valence-corrected chi connectivity index (χ3v) is 3.80. The summed E-state index contributed by atoms with van der Waals surface area (Å²) in [5, 5.41) is 20.1. The number of carbonyl (C=O) groups excluding carboxylic acids is 2.